The van der Waals surface area contributed by atoms with Crippen molar-refractivity contribution in [3.63, 3.8) is 0 Å². The molecule has 0 spiro atoms. The van der Waals surface area contributed by atoms with Crippen LogP contribution in [-0.2, 0) is 14.6 Å². The van der Waals surface area contributed by atoms with Crippen LogP contribution in [0.15, 0.2) is 29.2 Å². The van der Waals surface area contributed by atoms with Gasteiger partial charge in [-0.15, -0.1) is 0 Å². The van der Waals surface area contributed by atoms with Gasteiger partial charge in [-0.1, -0.05) is 12.1 Å². The molecule has 5 nitrogen and oxygen atoms in total. The van der Waals surface area contributed by atoms with Gasteiger partial charge >= 0.3 is 0 Å². The minimum atomic E-state index is -3.24. The normalized spacial score (nSPS) is 14.8. The smallest absolute Gasteiger partial charge is 0.220 e. The lowest BCUT2D eigenvalue weighted by atomic mass is 10.2. The van der Waals surface area contributed by atoms with E-state index in [1.54, 1.807) is 24.3 Å². The van der Waals surface area contributed by atoms with Gasteiger partial charge < -0.3 is 10.6 Å². The zero-order valence-electron chi connectivity index (χ0n) is 11.6. The average Bonchev–Trinajstić information content (AvgIpc) is 3.18. The van der Waals surface area contributed by atoms with Crippen molar-refractivity contribution in [2.24, 2.45) is 0 Å². The number of benzene rings is 1. The predicted octanol–water partition coefficient (Wildman–Crippen LogP) is 1.56. The fourth-order valence-electron chi connectivity index (χ4n) is 1.94. The Kier molecular flexibility index (Phi) is 4.65. The van der Waals surface area contributed by atoms with Crippen molar-refractivity contribution < 1.29 is 13.2 Å². The van der Waals surface area contributed by atoms with Crippen LogP contribution in [0.5, 0.6) is 0 Å². The molecule has 0 radical (unpaired) electrons. The van der Waals surface area contributed by atoms with Gasteiger partial charge in [0.1, 0.15) is 0 Å². The molecule has 0 saturated heterocycles. The molecule has 2 rings (SSSR count). The van der Waals surface area contributed by atoms with Crippen molar-refractivity contribution in [1.82, 2.24) is 5.32 Å². The van der Waals surface area contributed by atoms with Crippen molar-refractivity contribution in [2.75, 3.05) is 18.1 Å². The molecule has 2 N–H and O–H groups in total. The number of para-hydroxylation sites is 1. The summed E-state index contributed by atoms with van der Waals surface area (Å²) in [5.74, 6) is 0.0747. The van der Waals surface area contributed by atoms with E-state index in [0.29, 0.717) is 36.0 Å². The van der Waals surface area contributed by atoms with E-state index in [0.717, 1.165) is 12.8 Å². The molecule has 110 valence electrons. The SMILES string of the molecule is CS(=O)(=O)c1ccccc1NCCCC(=O)NC1CC1. The van der Waals surface area contributed by atoms with Gasteiger partial charge in [0.05, 0.1) is 10.6 Å². The maximum absolute atomic E-state index is 11.6. The second-order valence-electron chi connectivity index (χ2n) is 5.14. The third kappa shape index (κ3) is 4.52. The van der Waals surface area contributed by atoms with Gasteiger partial charge in [-0.25, -0.2) is 8.42 Å². The van der Waals surface area contributed by atoms with Crippen LogP contribution in [0.25, 0.3) is 0 Å². The summed E-state index contributed by atoms with van der Waals surface area (Å²) in [4.78, 5) is 11.8. The Morgan fingerprint density at radius 1 is 1.30 bits per heavy atom. The Morgan fingerprint density at radius 3 is 2.65 bits per heavy atom. The highest BCUT2D eigenvalue weighted by Crippen LogP contribution is 2.21. The first-order valence-corrected chi connectivity index (χ1v) is 8.68. The first-order chi connectivity index (χ1) is 9.47. The highest BCUT2D eigenvalue weighted by atomic mass is 32.2. The number of amides is 1. The molecule has 0 bridgehead atoms. The van der Waals surface area contributed by atoms with Crippen LogP contribution >= 0.6 is 0 Å². The highest BCUT2D eigenvalue weighted by molar-refractivity contribution is 7.90. The van der Waals surface area contributed by atoms with Crippen LogP contribution in [0, 0.1) is 0 Å². The van der Waals surface area contributed by atoms with E-state index in [4.69, 9.17) is 0 Å². The molecule has 1 aromatic rings. The van der Waals surface area contributed by atoms with Gasteiger partial charge in [0.2, 0.25) is 5.91 Å². The maximum atomic E-state index is 11.6. The number of carbonyl (C=O) groups is 1. The van der Waals surface area contributed by atoms with Crippen LogP contribution in [0.4, 0.5) is 5.69 Å². The Morgan fingerprint density at radius 2 is 2.00 bits per heavy atom. The maximum Gasteiger partial charge on any atom is 0.220 e. The van der Waals surface area contributed by atoms with Crippen molar-refractivity contribution in [3.05, 3.63) is 24.3 Å². The van der Waals surface area contributed by atoms with E-state index in [1.807, 2.05) is 0 Å². The Labute approximate surface area is 119 Å². The second-order valence-corrected chi connectivity index (χ2v) is 7.12. The first kappa shape index (κ1) is 14.8. The summed E-state index contributed by atoms with van der Waals surface area (Å²) in [6.07, 6.45) is 4.51. The summed E-state index contributed by atoms with van der Waals surface area (Å²) in [5, 5.41) is 6.01. The number of anilines is 1. The van der Waals surface area contributed by atoms with Crippen molar-refractivity contribution in [3.8, 4) is 0 Å². The zero-order chi connectivity index (χ0) is 14.6. The number of hydrogen-bond acceptors (Lipinski definition) is 4. The number of carbonyl (C=O) groups excluding carboxylic acids is 1. The van der Waals surface area contributed by atoms with Crippen molar-refractivity contribution in [1.29, 1.82) is 0 Å². The second kappa shape index (κ2) is 6.26. The minimum absolute atomic E-state index is 0.0747. The molecule has 0 aliphatic heterocycles. The van der Waals surface area contributed by atoms with Gasteiger partial charge in [-0.05, 0) is 31.4 Å². The minimum Gasteiger partial charge on any atom is -0.384 e. The van der Waals surface area contributed by atoms with Crippen LogP contribution in [0.2, 0.25) is 0 Å². The summed E-state index contributed by atoms with van der Waals surface area (Å²) < 4.78 is 23.2. The Bertz CT molecular complexity index is 580. The number of nitrogens with one attached hydrogen (secondary N) is 2. The van der Waals surface area contributed by atoms with Gasteiger partial charge in [0.15, 0.2) is 9.84 Å². The fraction of sp³-hybridized carbons (Fsp3) is 0.500. The van der Waals surface area contributed by atoms with E-state index < -0.39 is 9.84 Å². The molecular weight excluding hydrogens is 276 g/mol. The Balaban J connectivity index is 1.80. The van der Waals surface area contributed by atoms with Gasteiger partial charge in [0.25, 0.3) is 0 Å². The van der Waals surface area contributed by atoms with E-state index >= 15 is 0 Å². The molecule has 1 aliphatic rings. The van der Waals surface area contributed by atoms with Gasteiger partial charge in [-0.2, -0.15) is 0 Å². The lowest BCUT2D eigenvalue weighted by Crippen LogP contribution is -2.25. The Hall–Kier alpha value is -1.56. The lowest BCUT2D eigenvalue weighted by Gasteiger charge is -2.10. The van der Waals surface area contributed by atoms with E-state index in [-0.39, 0.29) is 5.91 Å². The molecule has 1 fully saturated rings. The summed E-state index contributed by atoms with van der Waals surface area (Å²) in [6.45, 7) is 0.574. The van der Waals surface area contributed by atoms with Crippen molar-refractivity contribution in [2.45, 2.75) is 36.6 Å². The standard InChI is InChI=1S/C14H20N2O3S/c1-20(18,19)13-6-3-2-5-12(13)15-10-4-7-14(17)16-11-8-9-11/h2-3,5-6,11,15H,4,7-10H2,1H3,(H,16,17). The number of hydrogen-bond donors (Lipinski definition) is 2. The molecule has 0 atom stereocenters. The molecule has 0 aromatic heterocycles. The van der Waals surface area contributed by atoms with Crippen LogP contribution in [-0.4, -0.2) is 33.2 Å². The summed E-state index contributed by atoms with van der Waals surface area (Å²) >= 11 is 0. The molecular formula is C14H20N2O3S. The zero-order valence-corrected chi connectivity index (χ0v) is 12.4. The van der Waals surface area contributed by atoms with Gasteiger partial charge in [-0.3, -0.25) is 4.79 Å². The number of sulfone groups is 1. The monoisotopic (exact) mass is 296 g/mol. The predicted molar refractivity (Wildman–Crippen MR) is 78.4 cm³/mol. The highest BCUT2D eigenvalue weighted by Gasteiger charge is 2.22. The molecule has 1 aromatic carbocycles. The third-order valence-electron chi connectivity index (χ3n) is 3.13. The molecule has 1 saturated carbocycles. The molecule has 0 heterocycles. The topological polar surface area (TPSA) is 75.3 Å². The molecule has 20 heavy (non-hydrogen) atoms. The molecule has 0 unspecified atom stereocenters. The fourth-order valence-corrected chi connectivity index (χ4v) is 2.80. The van der Waals surface area contributed by atoms with E-state index in [1.165, 1.54) is 6.26 Å². The third-order valence-corrected chi connectivity index (χ3v) is 4.28. The van der Waals surface area contributed by atoms with Crippen LogP contribution < -0.4 is 10.6 Å². The molecule has 6 heteroatoms. The average molecular weight is 296 g/mol. The van der Waals surface area contributed by atoms with Gasteiger partial charge in [0, 0.05) is 25.3 Å². The van der Waals surface area contributed by atoms with Crippen LogP contribution in [0.3, 0.4) is 0 Å². The summed E-state index contributed by atoms with van der Waals surface area (Å²) in [7, 11) is -3.24. The van der Waals surface area contributed by atoms with E-state index in [2.05, 4.69) is 10.6 Å². The van der Waals surface area contributed by atoms with Crippen molar-refractivity contribution >= 4 is 21.4 Å². The molecule has 1 amide bonds. The van der Waals surface area contributed by atoms with Crippen LogP contribution in [0.1, 0.15) is 25.7 Å². The first-order valence-electron chi connectivity index (χ1n) is 6.79. The quantitative estimate of drug-likeness (QED) is 0.749. The summed E-state index contributed by atoms with van der Waals surface area (Å²) in [6, 6.07) is 7.20. The number of rotatable bonds is 7. The largest absolute Gasteiger partial charge is 0.384 e. The molecule has 1 aliphatic carbocycles. The van der Waals surface area contributed by atoms with E-state index in [9.17, 15) is 13.2 Å². The lowest BCUT2D eigenvalue weighted by molar-refractivity contribution is -0.121. The summed E-state index contributed by atoms with van der Waals surface area (Å²) in [5.41, 5.74) is 0.595.